The summed E-state index contributed by atoms with van der Waals surface area (Å²) in [5, 5.41) is 0. The van der Waals surface area contributed by atoms with Gasteiger partial charge in [-0.2, -0.15) is 0 Å². The van der Waals surface area contributed by atoms with E-state index in [1.165, 1.54) is 12.0 Å². The molecule has 1 fully saturated rings. The van der Waals surface area contributed by atoms with Crippen molar-refractivity contribution in [3.63, 3.8) is 0 Å². The molecule has 0 saturated carbocycles. The minimum Gasteiger partial charge on any atom is -0.493 e. The summed E-state index contributed by atoms with van der Waals surface area (Å²) >= 11 is 0. The second kappa shape index (κ2) is 8.50. The number of nitrogens with zero attached hydrogens (tertiary/aromatic N) is 2. The van der Waals surface area contributed by atoms with Crippen molar-refractivity contribution in [1.29, 1.82) is 0 Å². The zero-order valence-corrected chi connectivity index (χ0v) is 16.5. The smallest absolute Gasteiger partial charge is 0.327 e. The van der Waals surface area contributed by atoms with Gasteiger partial charge in [0.05, 0.1) is 21.3 Å². The van der Waals surface area contributed by atoms with E-state index in [2.05, 4.69) is 4.74 Å². The van der Waals surface area contributed by atoms with Gasteiger partial charge in [-0.25, -0.2) is 4.79 Å². The molecule has 1 aromatic carbocycles. The number of esters is 1. The molecule has 0 spiro atoms. The van der Waals surface area contributed by atoms with Gasteiger partial charge in [0.1, 0.15) is 6.04 Å². The molecular weight excluding hydrogens is 364 g/mol. The Morgan fingerprint density at radius 2 is 1.71 bits per heavy atom. The first-order valence-electron chi connectivity index (χ1n) is 9.42. The SMILES string of the molecule is COC(=O)CCCCCN1C(=O)[C@@H]2Cc3cc(OC)c(OC)cc3CN2C1=O. The standard InChI is InChI=1S/C20H26N2O6/c1-26-16-10-13-9-15-19(24)21(8-6-4-5-7-18(23)28-3)20(25)22(15)12-14(13)11-17(16)27-2/h10-11,15H,4-9,12H2,1-3H3/t15-/m0/s1. The topological polar surface area (TPSA) is 85.4 Å². The number of carbonyl (C=O) groups excluding carboxylic acids is 3. The van der Waals surface area contributed by atoms with Gasteiger partial charge in [0.15, 0.2) is 11.5 Å². The van der Waals surface area contributed by atoms with Crippen molar-refractivity contribution in [2.45, 2.75) is 44.7 Å². The molecule has 28 heavy (non-hydrogen) atoms. The normalized spacial score (nSPS) is 18.0. The van der Waals surface area contributed by atoms with E-state index in [1.54, 1.807) is 19.1 Å². The lowest BCUT2D eigenvalue weighted by molar-refractivity contribution is -0.140. The molecule has 0 bridgehead atoms. The van der Waals surface area contributed by atoms with E-state index < -0.39 is 6.04 Å². The number of unbranched alkanes of at least 4 members (excludes halogenated alkanes) is 2. The van der Waals surface area contributed by atoms with Crippen LogP contribution in [0.25, 0.3) is 0 Å². The number of imide groups is 1. The van der Waals surface area contributed by atoms with Crippen molar-refractivity contribution in [2.75, 3.05) is 27.9 Å². The van der Waals surface area contributed by atoms with Crippen LogP contribution in [0, 0.1) is 0 Å². The predicted molar refractivity (Wildman–Crippen MR) is 100 cm³/mol. The fraction of sp³-hybridized carbons (Fsp3) is 0.550. The predicted octanol–water partition coefficient (Wildman–Crippen LogP) is 2.13. The van der Waals surface area contributed by atoms with Crippen LogP contribution in [0.4, 0.5) is 4.79 Å². The quantitative estimate of drug-likeness (QED) is 0.384. The van der Waals surface area contributed by atoms with Crippen molar-refractivity contribution in [1.82, 2.24) is 9.80 Å². The van der Waals surface area contributed by atoms with E-state index in [0.29, 0.717) is 50.3 Å². The van der Waals surface area contributed by atoms with E-state index >= 15 is 0 Å². The second-order valence-corrected chi connectivity index (χ2v) is 6.98. The number of benzene rings is 1. The zero-order chi connectivity index (χ0) is 20.3. The minimum atomic E-state index is -0.465. The van der Waals surface area contributed by atoms with Gasteiger partial charge in [0, 0.05) is 25.9 Å². The number of urea groups is 1. The third kappa shape index (κ3) is 3.76. The van der Waals surface area contributed by atoms with Crippen LogP contribution in [0.5, 0.6) is 11.5 Å². The summed E-state index contributed by atoms with van der Waals surface area (Å²) in [4.78, 5) is 39.7. The van der Waals surface area contributed by atoms with Crippen LogP contribution in [0.2, 0.25) is 0 Å². The van der Waals surface area contributed by atoms with E-state index in [0.717, 1.165) is 17.5 Å². The van der Waals surface area contributed by atoms with Crippen molar-refractivity contribution in [2.24, 2.45) is 0 Å². The average Bonchev–Trinajstić information content (AvgIpc) is 2.94. The number of amides is 3. The molecule has 3 amide bonds. The number of rotatable bonds is 8. The number of methoxy groups -OCH3 is 3. The van der Waals surface area contributed by atoms with Gasteiger partial charge >= 0.3 is 12.0 Å². The maximum Gasteiger partial charge on any atom is 0.327 e. The van der Waals surface area contributed by atoms with Crippen molar-refractivity contribution >= 4 is 17.9 Å². The summed E-state index contributed by atoms with van der Waals surface area (Å²) in [6.07, 6.45) is 2.93. The van der Waals surface area contributed by atoms with Crippen LogP contribution in [-0.2, 0) is 27.3 Å². The number of hydrogen-bond acceptors (Lipinski definition) is 6. The first-order chi connectivity index (χ1) is 13.5. The Kier molecular flexibility index (Phi) is 6.06. The maximum atomic E-state index is 12.8. The van der Waals surface area contributed by atoms with E-state index in [1.807, 2.05) is 12.1 Å². The number of hydrogen-bond donors (Lipinski definition) is 0. The molecule has 2 aliphatic rings. The molecule has 1 saturated heterocycles. The molecule has 1 aromatic rings. The summed E-state index contributed by atoms with van der Waals surface area (Å²) < 4.78 is 15.3. The van der Waals surface area contributed by atoms with Crippen LogP contribution in [-0.4, -0.2) is 61.6 Å². The first kappa shape index (κ1) is 20.0. The van der Waals surface area contributed by atoms with Crippen LogP contribution in [0.1, 0.15) is 36.8 Å². The molecule has 2 aliphatic heterocycles. The molecule has 1 atom stereocenters. The van der Waals surface area contributed by atoms with Gasteiger partial charge in [0.2, 0.25) is 0 Å². The fourth-order valence-corrected chi connectivity index (χ4v) is 3.79. The Bertz CT molecular complexity index is 727. The molecule has 0 aromatic heterocycles. The van der Waals surface area contributed by atoms with Crippen LogP contribution < -0.4 is 9.47 Å². The number of ether oxygens (including phenoxy) is 3. The Hall–Kier alpha value is -2.77. The van der Waals surface area contributed by atoms with E-state index in [9.17, 15) is 14.4 Å². The first-order valence-corrected chi connectivity index (χ1v) is 9.42. The highest BCUT2D eigenvalue weighted by Gasteiger charge is 2.47. The van der Waals surface area contributed by atoms with Crippen molar-refractivity contribution in [3.8, 4) is 11.5 Å². The molecule has 0 N–H and O–H groups in total. The number of fused-ring (bicyclic) bond motifs is 2. The van der Waals surface area contributed by atoms with Gasteiger partial charge in [-0.3, -0.25) is 14.5 Å². The highest BCUT2D eigenvalue weighted by molar-refractivity contribution is 6.04. The monoisotopic (exact) mass is 390 g/mol. The highest BCUT2D eigenvalue weighted by atomic mass is 16.5. The molecule has 0 unspecified atom stereocenters. The van der Waals surface area contributed by atoms with E-state index in [4.69, 9.17) is 9.47 Å². The van der Waals surface area contributed by atoms with E-state index in [-0.39, 0.29) is 17.9 Å². The molecule has 2 heterocycles. The second-order valence-electron chi connectivity index (χ2n) is 6.98. The van der Waals surface area contributed by atoms with Crippen molar-refractivity contribution < 1.29 is 28.6 Å². The van der Waals surface area contributed by atoms with Crippen LogP contribution in [0.15, 0.2) is 12.1 Å². The largest absolute Gasteiger partial charge is 0.493 e. The summed E-state index contributed by atoms with van der Waals surface area (Å²) in [6, 6.07) is 3.05. The van der Waals surface area contributed by atoms with Gasteiger partial charge in [-0.15, -0.1) is 0 Å². The lowest BCUT2D eigenvalue weighted by Crippen LogP contribution is -2.40. The minimum absolute atomic E-state index is 0.154. The lowest BCUT2D eigenvalue weighted by atomic mass is 9.94. The Morgan fingerprint density at radius 3 is 2.36 bits per heavy atom. The Balaban J connectivity index is 1.64. The van der Waals surface area contributed by atoms with Crippen molar-refractivity contribution in [3.05, 3.63) is 23.3 Å². The van der Waals surface area contributed by atoms with Gasteiger partial charge in [0.25, 0.3) is 5.91 Å². The number of carbonyl (C=O) groups is 3. The Morgan fingerprint density at radius 1 is 1.04 bits per heavy atom. The zero-order valence-electron chi connectivity index (χ0n) is 16.5. The molecule has 8 heteroatoms. The summed E-state index contributed by atoms with van der Waals surface area (Å²) in [5.74, 6) is 0.835. The lowest BCUT2D eigenvalue weighted by Gasteiger charge is -2.29. The summed E-state index contributed by atoms with van der Waals surface area (Å²) in [7, 11) is 4.51. The third-order valence-corrected chi connectivity index (χ3v) is 5.35. The summed E-state index contributed by atoms with van der Waals surface area (Å²) in [5.41, 5.74) is 1.97. The molecular formula is C20H26N2O6. The van der Waals surface area contributed by atoms with Gasteiger partial charge < -0.3 is 19.1 Å². The third-order valence-electron chi connectivity index (χ3n) is 5.35. The average molecular weight is 390 g/mol. The van der Waals surface area contributed by atoms with Gasteiger partial charge in [-0.1, -0.05) is 6.42 Å². The molecule has 8 nitrogen and oxygen atoms in total. The molecule has 152 valence electrons. The van der Waals surface area contributed by atoms with Crippen LogP contribution in [0.3, 0.4) is 0 Å². The van der Waals surface area contributed by atoms with Crippen LogP contribution >= 0.6 is 0 Å². The van der Waals surface area contributed by atoms with Gasteiger partial charge in [-0.05, 0) is 36.1 Å². The molecule has 3 rings (SSSR count). The fourth-order valence-electron chi connectivity index (χ4n) is 3.79. The molecule has 0 aliphatic carbocycles. The Labute approximate surface area is 164 Å². The highest BCUT2D eigenvalue weighted by Crippen LogP contribution is 2.37. The summed E-state index contributed by atoms with van der Waals surface area (Å²) in [6.45, 7) is 0.749. The molecule has 0 radical (unpaired) electrons. The maximum absolute atomic E-state index is 12.8.